The Morgan fingerprint density at radius 1 is 1.18 bits per heavy atom. The van der Waals surface area contributed by atoms with Crippen molar-refractivity contribution in [1.82, 2.24) is 9.29 Å². The van der Waals surface area contributed by atoms with Crippen LogP contribution in [0.3, 0.4) is 0 Å². The Kier molecular flexibility index (Phi) is 6.15. The Bertz CT molecular complexity index is 1600. The fourth-order valence-electron chi connectivity index (χ4n) is 6.89. The van der Waals surface area contributed by atoms with Crippen molar-refractivity contribution in [3.05, 3.63) is 70.0 Å². The molecule has 1 unspecified atom stereocenters. The van der Waals surface area contributed by atoms with Crippen molar-refractivity contribution < 1.29 is 27.9 Å². The highest BCUT2D eigenvalue weighted by Crippen LogP contribution is 2.56. The van der Waals surface area contributed by atoms with E-state index in [4.69, 9.17) is 4.74 Å². The highest BCUT2D eigenvalue weighted by Gasteiger charge is 2.55. The van der Waals surface area contributed by atoms with Crippen LogP contribution in [0.1, 0.15) is 75.5 Å². The van der Waals surface area contributed by atoms with Gasteiger partial charge in [-0.1, -0.05) is 49.6 Å². The van der Waals surface area contributed by atoms with Gasteiger partial charge in [-0.3, -0.25) is 4.79 Å². The third-order valence-electron chi connectivity index (χ3n) is 9.02. The van der Waals surface area contributed by atoms with Gasteiger partial charge in [-0.15, -0.1) is 0 Å². The van der Waals surface area contributed by atoms with E-state index in [1.165, 1.54) is 45.8 Å². The first kappa shape index (κ1) is 26.1. The summed E-state index contributed by atoms with van der Waals surface area (Å²) in [6.07, 6.45) is 9.67. The van der Waals surface area contributed by atoms with Crippen LogP contribution in [0.5, 0.6) is 0 Å². The minimum absolute atomic E-state index is 0.176. The molecule has 0 spiro atoms. The number of carbonyl (C=O) groups is 2. The van der Waals surface area contributed by atoms with E-state index in [9.17, 15) is 23.1 Å². The van der Waals surface area contributed by atoms with Crippen LogP contribution in [0, 0.1) is 0 Å². The first-order chi connectivity index (χ1) is 18.6. The number of sulfonamides is 1. The molecule has 39 heavy (non-hydrogen) atoms. The minimum Gasteiger partial charge on any atom is -0.479 e. The second-order valence-electron chi connectivity index (χ2n) is 11.4. The Labute approximate surface area is 228 Å². The molecule has 0 radical (unpaired) electrons. The molecular formula is C30H34N2O6S. The van der Waals surface area contributed by atoms with Gasteiger partial charge in [0.15, 0.2) is 5.60 Å². The number of hydrogen-bond acceptors (Lipinski definition) is 5. The fourth-order valence-corrected chi connectivity index (χ4v) is 7.48. The third-order valence-corrected chi connectivity index (χ3v) is 10.7. The van der Waals surface area contributed by atoms with Gasteiger partial charge < -0.3 is 14.4 Å². The maximum absolute atomic E-state index is 13.3. The topological polar surface area (TPSA) is 115 Å². The molecule has 1 saturated carbocycles. The molecule has 9 heteroatoms. The lowest BCUT2D eigenvalue weighted by molar-refractivity contribution is -0.164. The zero-order valence-electron chi connectivity index (χ0n) is 22.5. The molecule has 1 aromatic carbocycles. The molecule has 8 nitrogen and oxygen atoms in total. The van der Waals surface area contributed by atoms with Gasteiger partial charge in [-0.05, 0) is 61.0 Å². The number of nitrogens with zero attached hydrogens (tertiary/aromatic N) is 1. The Hall–Kier alpha value is -3.17. The number of benzene rings is 1. The number of fused-ring (bicyclic) bond motifs is 6. The molecule has 4 aliphatic rings. The van der Waals surface area contributed by atoms with Crippen molar-refractivity contribution in [2.75, 3.05) is 7.11 Å². The number of methoxy groups -OCH3 is 1. The molecule has 3 aliphatic carbocycles. The zero-order chi connectivity index (χ0) is 27.7. The number of allylic oxidation sites excluding steroid dienone is 2. The number of aromatic nitrogens is 1. The number of amides is 1. The number of carbonyl (C=O) groups excluding carboxylic acids is 1. The van der Waals surface area contributed by atoms with E-state index in [0.29, 0.717) is 29.2 Å². The van der Waals surface area contributed by atoms with Crippen LogP contribution in [0.25, 0.3) is 10.9 Å². The van der Waals surface area contributed by atoms with E-state index in [1.807, 2.05) is 6.08 Å². The summed E-state index contributed by atoms with van der Waals surface area (Å²) in [6, 6.07) is 8.39. The summed E-state index contributed by atoms with van der Waals surface area (Å²) >= 11 is 0. The average molecular weight is 551 g/mol. The summed E-state index contributed by atoms with van der Waals surface area (Å²) < 4.78 is 35.3. The number of carboxylic acid groups (broad SMARTS) is 1. The van der Waals surface area contributed by atoms with Crippen LogP contribution in [-0.4, -0.2) is 47.9 Å². The smallest absolute Gasteiger partial charge is 0.337 e. The normalized spacial score (nSPS) is 24.9. The summed E-state index contributed by atoms with van der Waals surface area (Å²) in [5, 5.41) is 10.8. The van der Waals surface area contributed by atoms with E-state index >= 15 is 0 Å². The Morgan fingerprint density at radius 2 is 1.92 bits per heavy atom. The van der Waals surface area contributed by atoms with E-state index in [1.54, 1.807) is 6.08 Å². The van der Waals surface area contributed by atoms with Crippen molar-refractivity contribution >= 4 is 32.8 Å². The number of carboxylic acids is 1. The highest BCUT2D eigenvalue weighted by atomic mass is 32.2. The lowest BCUT2D eigenvalue weighted by atomic mass is 9.73. The number of rotatable bonds is 6. The summed E-state index contributed by atoms with van der Waals surface area (Å²) in [6.45, 7) is 3.41. The van der Waals surface area contributed by atoms with Gasteiger partial charge >= 0.3 is 5.97 Å². The van der Waals surface area contributed by atoms with E-state index in [-0.39, 0.29) is 6.42 Å². The standard InChI is InChI=1S/C30H34N2O6S/c1-17(2)39(36,37)31-28(33)25-22-16-32-23(26-21(24(22)25)13-8-14-30(26,38-3)29(34)35)15-19-11-7-12-20(27(19)32)18-9-5-4-6-10-18/h7-8,11-13,15,17-18,26H,4-6,9-10,14,16H2,1-3H3,(H,31,33)(H,34,35)/t26?,30-/m0/s1. The molecule has 6 rings (SSSR count). The van der Waals surface area contributed by atoms with E-state index in [2.05, 4.69) is 33.6 Å². The van der Waals surface area contributed by atoms with Crippen molar-refractivity contribution in [3.8, 4) is 0 Å². The van der Waals surface area contributed by atoms with Crippen molar-refractivity contribution in [2.45, 2.75) is 81.6 Å². The molecule has 1 aromatic heterocycles. The van der Waals surface area contributed by atoms with E-state index < -0.39 is 38.7 Å². The van der Waals surface area contributed by atoms with Crippen molar-refractivity contribution in [2.24, 2.45) is 0 Å². The predicted octanol–water partition coefficient (Wildman–Crippen LogP) is 4.68. The highest BCUT2D eigenvalue weighted by molar-refractivity contribution is 7.90. The molecule has 1 amide bonds. The van der Waals surface area contributed by atoms with Crippen LogP contribution >= 0.6 is 0 Å². The van der Waals surface area contributed by atoms with E-state index in [0.717, 1.165) is 35.0 Å². The largest absolute Gasteiger partial charge is 0.479 e. The fraction of sp³-hybridized carbons (Fsp3) is 0.467. The molecular weight excluding hydrogens is 516 g/mol. The molecule has 0 saturated heterocycles. The molecule has 2 atom stereocenters. The number of hydrogen-bond donors (Lipinski definition) is 2. The minimum atomic E-state index is -3.83. The van der Waals surface area contributed by atoms with Crippen LogP contribution in [0.15, 0.2) is 58.7 Å². The number of nitrogens with one attached hydrogen (secondary N) is 1. The quantitative estimate of drug-likeness (QED) is 0.540. The van der Waals surface area contributed by atoms with Gasteiger partial charge in [-0.2, -0.15) is 0 Å². The summed E-state index contributed by atoms with van der Waals surface area (Å²) in [5.41, 5.74) is 4.04. The van der Waals surface area contributed by atoms with Crippen molar-refractivity contribution in [1.29, 1.82) is 0 Å². The molecule has 0 bridgehead atoms. The molecule has 206 valence electrons. The SMILES string of the molecule is CO[C@@]1(C(=O)O)CC=CC2=C3C(=C3C(=O)NS(=O)(=O)C(C)C)Cn3c(cc4cccc(C5CCCCC5)c43)C21. The first-order valence-electron chi connectivity index (χ1n) is 13.7. The van der Waals surface area contributed by atoms with Gasteiger partial charge in [0.05, 0.1) is 22.3 Å². The summed E-state index contributed by atoms with van der Waals surface area (Å²) in [7, 11) is -2.41. The maximum atomic E-state index is 13.3. The average Bonchev–Trinajstić information content (AvgIpc) is 3.55. The van der Waals surface area contributed by atoms with Crippen LogP contribution in [0.4, 0.5) is 0 Å². The number of para-hydroxylation sites is 1. The second-order valence-corrected chi connectivity index (χ2v) is 13.7. The Balaban J connectivity index is 1.58. The molecule has 1 fully saturated rings. The van der Waals surface area contributed by atoms with Gasteiger partial charge in [0.25, 0.3) is 5.91 Å². The molecule has 2 heterocycles. The van der Waals surface area contributed by atoms with Gasteiger partial charge in [0.1, 0.15) is 0 Å². The van der Waals surface area contributed by atoms with Crippen LogP contribution in [0.2, 0.25) is 0 Å². The molecule has 1 aliphatic heterocycles. The predicted molar refractivity (Wildman–Crippen MR) is 148 cm³/mol. The summed E-state index contributed by atoms with van der Waals surface area (Å²) in [5.74, 6) is -1.98. The van der Waals surface area contributed by atoms with Gasteiger partial charge in [0, 0.05) is 31.2 Å². The second kappa shape index (κ2) is 9.20. The van der Waals surface area contributed by atoms with Crippen molar-refractivity contribution in [3.63, 3.8) is 0 Å². The molecule has 2 N–H and O–H groups in total. The first-order valence-corrected chi connectivity index (χ1v) is 15.3. The maximum Gasteiger partial charge on any atom is 0.337 e. The van der Waals surface area contributed by atoms with Crippen LogP contribution in [-0.2, 0) is 30.9 Å². The number of ether oxygens (including phenoxy) is 1. The lowest BCUT2D eigenvalue weighted by Crippen LogP contribution is -2.48. The van der Waals surface area contributed by atoms with Gasteiger partial charge in [0.2, 0.25) is 10.0 Å². The zero-order valence-corrected chi connectivity index (χ0v) is 23.3. The summed E-state index contributed by atoms with van der Waals surface area (Å²) in [4.78, 5) is 26.2. The lowest BCUT2D eigenvalue weighted by Gasteiger charge is -2.38. The monoisotopic (exact) mass is 550 g/mol. The number of aliphatic carboxylic acids is 1. The third kappa shape index (κ3) is 3.92. The Morgan fingerprint density at radius 3 is 2.59 bits per heavy atom. The molecule has 2 aromatic rings. The van der Waals surface area contributed by atoms with Gasteiger partial charge in [-0.25, -0.2) is 17.9 Å². The van der Waals surface area contributed by atoms with Crippen LogP contribution < -0.4 is 4.72 Å².